The molecule has 1 unspecified atom stereocenters. The second-order valence-corrected chi connectivity index (χ2v) is 7.65. The fourth-order valence-corrected chi connectivity index (χ4v) is 4.55. The van der Waals surface area contributed by atoms with Crippen molar-refractivity contribution in [2.75, 3.05) is 11.9 Å². The minimum atomic E-state index is 0.478. The number of hydrogen-bond acceptors (Lipinski definition) is 2. The average molecular weight is 344 g/mol. The lowest BCUT2D eigenvalue weighted by Gasteiger charge is -2.48. The van der Waals surface area contributed by atoms with Crippen LogP contribution in [0.2, 0.25) is 0 Å². The molecular weight excluding hydrogens is 314 g/mol. The third-order valence-electron chi connectivity index (χ3n) is 5.65. The third-order valence-corrected chi connectivity index (χ3v) is 5.87. The van der Waals surface area contributed by atoms with Gasteiger partial charge in [0.15, 0.2) is 5.11 Å². The largest absolute Gasteiger partial charge is 0.360 e. The van der Waals surface area contributed by atoms with Gasteiger partial charge in [0.05, 0.1) is 0 Å². The molecule has 2 aliphatic heterocycles. The standard InChI is InChI=1S/C20H29N3S/c1-4-11-23-17-8-6-9-18(23)13-16(12-17)21-20(24)22-19-10-5-7-14(2)15(19)3/h4-5,7,10,16-18H,1,6,8-9,11-13H2,2-3H3,(H2,21,22,24)/t16?,17-,18+. The summed E-state index contributed by atoms with van der Waals surface area (Å²) in [4.78, 5) is 2.65. The molecule has 0 aromatic heterocycles. The molecule has 0 radical (unpaired) electrons. The van der Waals surface area contributed by atoms with E-state index in [0.29, 0.717) is 18.1 Å². The predicted octanol–water partition coefficient (Wildman–Crippen LogP) is 4.16. The number of fused-ring (bicyclic) bond motifs is 2. The van der Waals surface area contributed by atoms with Crippen molar-refractivity contribution in [1.82, 2.24) is 10.2 Å². The summed E-state index contributed by atoms with van der Waals surface area (Å²) in [7, 11) is 0. The first-order valence-corrected chi connectivity index (χ1v) is 9.49. The third kappa shape index (κ3) is 3.81. The zero-order chi connectivity index (χ0) is 17.1. The number of nitrogens with zero attached hydrogens (tertiary/aromatic N) is 1. The van der Waals surface area contributed by atoms with Gasteiger partial charge in [0.2, 0.25) is 0 Å². The molecule has 3 nitrogen and oxygen atoms in total. The van der Waals surface area contributed by atoms with E-state index in [1.165, 1.54) is 43.2 Å². The van der Waals surface area contributed by atoms with Crippen molar-refractivity contribution in [3.8, 4) is 0 Å². The normalized spacial score (nSPS) is 26.7. The van der Waals surface area contributed by atoms with E-state index >= 15 is 0 Å². The van der Waals surface area contributed by atoms with Gasteiger partial charge in [0.25, 0.3) is 0 Å². The lowest BCUT2D eigenvalue weighted by atomic mass is 9.82. The molecule has 0 amide bonds. The van der Waals surface area contributed by atoms with Crippen molar-refractivity contribution in [2.45, 2.75) is 64.1 Å². The number of rotatable bonds is 4. The molecule has 4 heteroatoms. The van der Waals surface area contributed by atoms with Crippen LogP contribution in [0.4, 0.5) is 5.69 Å². The maximum Gasteiger partial charge on any atom is 0.171 e. The van der Waals surface area contributed by atoms with Gasteiger partial charge in [-0.15, -0.1) is 6.58 Å². The topological polar surface area (TPSA) is 27.3 Å². The van der Waals surface area contributed by atoms with Gasteiger partial charge < -0.3 is 10.6 Å². The number of anilines is 1. The van der Waals surface area contributed by atoms with Crippen LogP contribution in [0.25, 0.3) is 0 Å². The van der Waals surface area contributed by atoms with Gasteiger partial charge in [0, 0.05) is 30.4 Å². The van der Waals surface area contributed by atoms with E-state index in [9.17, 15) is 0 Å². The summed E-state index contributed by atoms with van der Waals surface area (Å²) < 4.78 is 0. The van der Waals surface area contributed by atoms with E-state index < -0.39 is 0 Å². The Morgan fingerprint density at radius 3 is 2.67 bits per heavy atom. The molecule has 2 N–H and O–H groups in total. The van der Waals surface area contributed by atoms with Crippen LogP contribution in [0.5, 0.6) is 0 Å². The van der Waals surface area contributed by atoms with Gasteiger partial charge in [-0.2, -0.15) is 0 Å². The highest BCUT2D eigenvalue weighted by molar-refractivity contribution is 7.80. The molecule has 0 aliphatic carbocycles. The first kappa shape index (κ1) is 17.4. The maximum atomic E-state index is 5.58. The minimum absolute atomic E-state index is 0.478. The first-order valence-electron chi connectivity index (χ1n) is 9.09. The van der Waals surface area contributed by atoms with Crippen LogP contribution in [-0.2, 0) is 0 Å². The zero-order valence-corrected chi connectivity index (χ0v) is 15.7. The molecule has 1 aromatic carbocycles. The Labute approximate surface area is 151 Å². The average Bonchev–Trinajstić information content (AvgIpc) is 2.53. The summed E-state index contributed by atoms with van der Waals surface area (Å²) >= 11 is 5.58. The first-order chi connectivity index (χ1) is 11.6. The molecule has 0 saturated carbocycles. The maximum absolute atomic E-state index is 5.58. The Balaban J connectivity index is 1.59. The van der Waals surface area contributed by atoms with Gasteiger partial charge in [0.1, 0.15) is 0 Å². The number of thiocarbonyl (C=S) groups is 1. The van der Waals surface area contributed by atoms with E-state index in [1.54, 1.807) is 0 Å². The molecule has 3 atom stereocenters. The van der Waals surface area contributed by atoms with E-state index in [1.807, 2.05) is 6.08 Å². The summed E-state index contributed by atoms with van der Waals surface area (Å²) in [6.07, 6.45) is 8.38. The SMILES string of the molecule is C=CCN1[C@@H]2CCC[C@H]1CC(NC(=S)Nc1cccc(C)c1C)C2. The zero-order valence-electron chi connectivity index (χ0n) is 14.8. The van der Waals surface area contributed by atoms with Crippen LogP contribution in [0, 0.1) is 13.8 Å². The van der Waals surface area contributed by atoms with Crippen LogP contribution in [0.15, 0.2) is 30.9 Å². The second kappa shape index (κ2) is 7.66. The van der Waals surface area contributed by atoms with E-state index in [4.69, 9.17) is 12.2 Å². The van der Waals surface area contributed by atoms with Crippen molar-refractivity contribution >= 4 is 23.0 Å². The Hall–Kier alpha value is -1.39. The Morgan fingerprint density at radius 1 is 1.29 bits per heavy atom. The summed E-state index contributed by atoms with van der Waals surface area (Å²) in [5, 5.41) is 7.72. The van der Waals surface area contributed by atoms with Crippen molar-refractivity contribution < 1.29 is 0 Å². The molecule has 24 heavy (non-hydrogen) atoms. The fourth-order valence-electron chi connectivity index (χ4n) is 4.27. The minimum Gasteiger partial charge on any atom is -0.360 e. The predicted molar refractivity (Wildman–Crippen MR) is 107 cm³/mol. The quantitative estimate of drug-likeness (QED) is 0.634. The monoisotopic (exact) mass is 343 g/mol. The van der Waals surface area contributed by atoms with E-state index in [-0.39, 0.29) is 0 Å². The lowest BCUT2D eigenvalue weighted by molar-refractivity contribution is 0.0389. The summed E-state index contributed by atoms with van der Waals surface area (Å²) in [6, 6.07) is 8.14. The van der Waals surface area contributed by atoms with Crippen LogP contribution < -0.4 is 10.6 Å². The molecule has 130 valence electrons. The molecule has 2 heterocycles. The van der Waals surface area contributed by atoms with E-state index in [0.717, 1.165) is 17.3 Å². The summed E-state index contributed by atoms with van der Waals surface area (Å²) in [5.74, 6) is 0. The molecule has 2 saturated heterocycles. The van der Waals surface area contributed by atoms with Gasteiger partial charge >= 0.3 is 0 Å². The number of nitrogens with one attached hydrogen (secondary N) is 2. The van der Waals surface area contributed by atoms with Crippen LogP contribution in [-0.4, -0.2) is 34.7 Å². The smallest absolute Gasteiger partial charge is 0.171 e. The summed E-state index contributed by atoms with van der Waals surface area (Å²) in [6.45, 7) is 9.21. The number of hydrogen-bond donors (Lipinski definition) is 2. The van der Waals surface area contributed by atoms with Crippen LogP contribution in [0.1, 0.15) is 43.2 Å². The van der Waals surface area contributed by atoms with Crippen LogP contribution in [0.3, 0.4) is 0 Å². The molecule has 0 spiro atoms. The molecule has 1 aromatic rings. The van der Waals surface area contributed by atoms with Crippen molar-refractivity contribution in [3.05, 3.63) is 42.0 Å². The second-order valence-electron chi connectivity index (χ2n) is 7.24. The van der Waals surface area contributed by atoms with Gasteiger partial charge in [-0.3, -0.25) is 4.90 Å². The Bertz CT molecular complexity index is 599. The summed E-state index contributed by atoms with van der Waals surface area (Å²) in [5.41, 5.74) is 3.66. The van der Waals surface area contributed by atoms with Crippen molar-refractivity contribution in [2.24, 2.45) is 0 Å². The molecule has 2 aliphatic rings. The van der Waals surface area contributed by atoms with Gasteiger partial charge in [-0.25, -0.2) is 0 Å². The lowest BCUT2D eigenvalue weighted by Crippen LogP contribution is -2.57. The van der Waals surface area contributed by atoms with Crippen molar-refractivity contribution in [3.63, 3.8) is 0 Å². The fraction of sp³-hybridized carbons (Fsp3) is 0.550. The highest BCUT2D eigenvalue weighted by atomic mass is 32.1. The number of piperidine rings is 2. The Kier molecular flexibility index (Phi) is 5.57. The Morgan fingerprint density at radius 2 is 2.00 bits per heavy atom. The molecular formula is C20H29N3S. The number of aryl methyl sites for hydroxylation is 1. The van der Waals surface area contributed by atoms with E-state index in [2.05, 4.69) is 54.2 Å². The van der Waals surface area contributed by atoms with Crippen molar-refractivity contribution in [1.29, 1.82) is 0 Å². The van der Waals surface area contributed by atoms with Crippen LogP contribution >= 0.6 is 12.2 Å². The van der Waals surface area contributed by atoms with Gasteiger partial charge in [-0.05, 0) is 68.9 Å². The van der Waals surface area contributed by atoms with Gasteiger partial charge in [-0.1, -0.05) is 24.6 Å². The number of benzene rings is 1. The molecule has 2 fully saturated rings. The highest BCUT2D eigenvalue weighted by Gasteiger charge is 2.37. The molecule has 3 rings (SSSR count). The highest BCUT2D eigenvalue weighted by Crippen LogP contribution is 2.34. The molecule has 2 bridgehead atoms.